The lowest BCUT2D eigenvalue weighted by atomic mass is 10.2. The summed E-state index contributed by atoms with van der Waals surface area (Å²) < 4.78 is 0. The van der Waals surface area contributed by atoms with Crippen molar-refractivity contribution in [1.82, 2.24) is 15.5 Å². The van der Waals surface area contributed by atoms with Gasteiger partial charge in [0, 0.05) is 17.6 Å². The van der Waals surface area contributed by atoms with Crippen molar-refractivity contribution in [3.05, 3.63) is 52.7 Å². The predicted molar refractivity (Wildman–Crippen MR) is 90.5 cm³/mol. The third-order valence-electron chi connectivity index (χ3n) is 4.00. The molecular formula is C17H19ClN4O. The third-order valence-corrected chi connectivity index (χ3v) is 4.37. The van der Waals surface area contributed by atoms with Gasteiger partial charge in [0.1, 0.15) is 5.82 Å². The third kappa shape index (κ3) is 4.20. The minimum atomic E-state index is -0.259. The van der Waals surface area contributed by atoms with Gasteiger partial charge in [-0.2, -0.15) is 0 Å². The Kier molecular flexibility index (Phi) is 5.08. The van der Waals surface area contributed by atoms with E-state index in [2.05, 4.69) is 20.8 Å². The molecular weight excluding hydrogens is 312 g/mol. The maximum Gasteiger partial charge on any atom is 0.272 e. The van der Waals surface area contributed by atoms with Crippen molar-refractivity contribution in [3.8, 4) is 0 Å². The summed E-state index contributed by atoms with van der Waals surface area (Å²) in [5.74, 6) is 0.462. The monoisotopic (exact) mass is 330 g/mol. The van der Waals surface area contributed by atoms with Crippen LogP contribution >= 0.6 is 11.6 Å². The van der Waals surface area contributed by atoms with Crippen LogP contribution in [0.1, 0.15) is 41.7 Å². The van der Waals surface area contributed by atoms with Crippen LogP contribution in [0.3, 0.4) is 0 Å². The predicted octanol–water partition coefficient (Wildman–Crippen LogP) is 3.41. The molecule has 2 N–H and O–H groups in total. The molecule has 1 aliphatic carbocycles. The fourth-order valence-corrected chi connectivity index (χ4v) is 2.92. The Hall–Kier alpha value is -2.14. The number of carbonyl (C=O) groups excluding carboxylic acids is 1. The fourth-order valence-electron chi connectivity index (χ4n) is 2.72. The van der Waals surface area contributed by atoms with Gasteiger partial charge in [-0.15, -0.1) is 10.2 Å². The van der Waals surface area contributed by atoms with Gasteiger partial charge in [-0.25, -0.2) is 0 Å². The van der Waals surface area contributed by atoms with Gasteiger partial charge in [0.15, 0.2) is 5.69 Å². The first-order valence-electron chi connectivity index (χ1n) is 7.84. The van der Waals surface area contributed by atoms with Gasteiger partial charge in [-0.05, 0) is 36.6 Å². The summed E-state index contributed by atoms with van der Waals surface area (Å²) in [6.07, 6.45) is 4.85. The molecule has 1 heterocycles. The normalized spacial score (nSPS) is 14.7. The van der Waals surface area contributed by atoms with Crippen LogP contribution in [-0.4, -0.2) is 22.1 Å². The first-order chi connectivity index (χ1) is 11.2. The van der Waals surface area contributed by atoms with Crippen molar-refractivity contribution >= 4 is 23.3 Å². The fraction of sp³-hybridized carbons (Fsp3) is 0.353. The number of hydrogen-bond donors (Lipinski definition) is 2. The van der Waals surface area contributed by atoms with Crippen LogP contribution in [0.5, 0.6) is 0 Å². The maximum absolute atomic E-state index is 12.1. The average molecular weight is 331 g/mol. The lowest BCUT2D eigenvalue weighted by molar-refractivity contribution is 0.0945. The smallest absolute Gasteiger partial charge is 0.272 e. The molecule has 0 atom stereocenters. The minimum Gasteiger partial charge on any atom is -0.366 e. The summed E-state index contributed by atoms with van der Waals surface area (Å²) in [5, 5.41) is 14.9. The van der Waals surface area contributed by atoms with Crippen LogP contribution < -0.4 is 10.6 Å². The molecule has 6 heteroatoms. The Labute approximate surface area is 140 Å². The topological polar surface area (TPSA) is 66.9 Å². The molecule has 0 radical (unpaired) electrons. The molecule has 1 fully saturated rings. The van der Waals surface area contributed by atoms with E-state index < -0.39 is 0 Å². The summed E-state index contributed by atoms with van der Waals surface area (Å²) in [4.78, 5) is 12.1. The lowest BCUT2D eigenvalue weighted by Crippen LogP contribution is -2.24. The summed E-state index contributed by atoms with van der Waals surface area (Å²) in [7, 11) is 0. The Morgan fingerprint density at radius 3 is 2.61 bits per heavy atom. The highest BCUT2D eigenvalue weighted by atomic mass is 35.5. The summed E-state index contributed by atoms with van der Waals surface area (Å²) >= 11 is 6.07. The number of carbonyl (C=O) groups is 1. The zero-order chi connectivity index (χ0) is 16.1. The van der Waals surface area contributed by atoms with Gasteiger partial charge in [0.05, 0.1) is 0 Å². The largest absolute Gasteiger partial charge is 0.366 e. The van der Waals surface area contributed by atoms with E-state index in [1.807, 2.05) is 18.2 Å². The highest BCUT2D eigenvalue weighted by Gasteiger charge is 2.15. The van der Waals surface area contributed by atoms with E-state index in [0.29, 0.717) is 23.3 Å². The SMILES string of the molecule is O=C(NCc1ccccc1Cl)c1ccc(NC2CCCC2)nn1. The lowest BCUT2D eigenvalue weighted by Gasteiger charge is -2.12. The molecule has 2 aromatic rings. The van der Waals surface area contributed by atoms with Gasteiger partial charge in [-0.3, -0.25) is 4.79 Å². The first kappa shape index (κ1) is 15.7. The molecule has 1 saturated carbocycles. The van der Waals surface area contributed by atoms with E-state index in [0.717, 1.165) is 11.4 Å². The van der Waals surface area contributed by atoms with Crippen LogP contribution in [0, 0.1) is 0 Å². The molecule has 5 nitrogen and oxygen atoms in total. The van der Waals surface area contributed by atoms with Crippen LogP contribution in [0.25, 0.3) is 0 Å². The Morgan fingerprint density at radius 1 is 1.13 bits per heavy atom. The number of rotatable bonds is 5. The molecule has 0 unspecified atom stereocenters. The van der Waals surface area contributed by atoms with Crippen molar-refractivity contribution in [3.63, 3.8) is 0 Å². The second-order valence-corrected chi connectivity index (χ2v) is 6.11. The van der Waals surface area contributed by atoms with Crippen LogP contribution in [-0.2, 0) is 6.54 Å². The number of amides is 1. The van der Waals surface area contributed by atoms with Crippen molar-refractivity contribution in [2.24, 2.45) is 0 Å². The molecule has 120 valence electrons. The molecule has 23 heavy (non-hydrogen) atoms. The zero-order valence-corrected chi connectivity index (χ0v) is 13.5. The van der Waals surface area contributed by atoms with E-state index in [1.165, 1.54) is 25.7 Å². The van der Waals surface area contributed by atoms with Gasteiger partial charge in [0.2, 0.25) is 0 Å². The van der Waals surface area contributed by atoms with Crippen LogP contribution in [0.15, 0.2) is 36.4 Å². The van der Waals surface area contributed by atoms with E-state index in [-0.39, 0.29) is 5.91 Å². The number of benzene rings is 1. The van der Waals surface area contributed by atoms with Crippen molar-refractivity contribution in [2.75, 3.05) is 5.32 Å². The quantitative estimate of drug-likeness (QED) is 0.881. The first-order valence-corrected chi connectivity index (χ1v) is 8.22. The van der Waals surface area contributed by atoms with Crippen LogP contribution in [0.4, 0.5) is 5.82 Å². The Bertz CT molecular complexity index is 669. The zero-order valence-electron chi connectivity index (χ0n) is 12.8. The highest BCUT2D eigenvalue weighted by molar-refractivity contribution is 6.31. The molecule has 0 aliphatic heterocycles. The minimum absolute atomic E-state index is 0.259. The van der Waals surface area contributed by atoms with Gasteiger partial charge in [0.25, 0.3) is 5.91 Å². The Balaban J connectivity index is 1.56. The van der Waals surface area contributed by atoms with E-state index in [9.17, 15) is 4.79 Å². The summed E-state index contributed by atoms with van der Waals surface area (Å²) in [5.41, 5.74) is 1.17. The number of halogens is 1. The molecule has 1 amide bonds. The molecule has 0 saturated heterocycles. The molecule has 1 aromatic heterocycles. The van der Waals surface area contributed by atoms with Crippen molar-refractivity contribution in [2.45, 2.75) is 38.3 Å². The molecule has 0 spiro atoms. The maximum atomic E-state index is 12.1. The molecule has 1 aromatic carbocycles. The second kappa shape index (κ2) is 7.42. The Morgan fingerprint density at radius 2 is 1.91 bits per heavy atom. The number of anilines is 1. The van der Waals surface area contributed by atoms with E-state index >= 15 is 0 Å². The number of nitrogens with zero attached hydrogens (tertiary/aromatic N) is 2. The summed E-state index contributed by atoms with van der Waals surface area (Å²) in [6.45, 7) is 0.363. The van der Waals surface area contributed by atoms with Gasteiger partial charge in [-0.1, -0.05) is 42.6 Å². The number of nitrogens with one attached hydrogen (secondary N) is 2. The molecule has 0 bridgehead atoms. The van der Waals surface area contributed by atoms with Crippen LogP contribution in [0.2, 0.25) is 5.02 Å². The van der Waals surface area contributed by atoms with Crippen molar-refractivity contribution < 1.29 is 4.79 Å². The molecule has 1 aliphatic rings. The average Bonchev–Trinajstić information content (AvgIpc) is 3.07. The van der Waals surface area contributed by atoms with Crippen molar-refractivity contribution in [1.29, 1.82) is 0 Å². The summed E-state index contributed by atoms with van der Waals surface area (Å²) in [6, 6.07) is 11.4. The number of hydrogen-bond acceptors (Lipinski definition) is 4. The molecule has 3 rings (SSSR count). The second-order valence-electron chi connectivity index (χ2n) is 5.70. The van der Waals surface area contributed by atoms with E-state index in [4.69, 9.17) is 11.6 Å². The number of aromatic nitrogens is 2. The highest BCUT2D eigenvalue weighted by Crippen LogP contribution is 2.21. The van der Waals surface area contributed by atoms with Gasteiger partial charge >= 0.3 is 0 Å². The van der Waals surface area contributed by atoms with E-state index in [1.54, 1.807) is 18.2 Å². The standard InChI is InChI=1S/C17H19ClN4O/c18-14-8-4-1-5-12(14)11-19-17(23)15-9-10-16(22-21-15)20-13-6-2-3-7-13/h1,4-5,8-10,13H,2-3,6-7,11H2,(H,19,23)(H,20,22). The van der Waals surface area contributed by atoms with Gasteiger partial charge < -0.3 is 10.6 Å².